The van der Waals surface area contributed by atoms with Crippen molar-refractivity contribution in [2.24, 2.45) is 5.92 Å². The molecule has 2 aromatic carbocycles. The predicted octanol–water partition coefficient (Wildman–Crippen LogP) is 4.22. The summed E-state index contributed by atoms with van der Waals surface area (Å²) >= 11 is 0. The maximum absolute atomic E-state index is 12.2. The highest BCUT2D eigenvalue weighted by molar-refractivity contribution is 5.72. The molecule has 0 aromatic heterocycles. The number of hydrogen-bond acceptors (Lipinski definition) is 5. The third-order valence-corrected chi connectivity index (χ3v) is 5.14. The first kappa shape index (κ1) is 21.7. The third-order valence-electron chi connectivity index (χ3n) is 5.14. The summed E-state index contributed by atoms with van der Waals surface area (Å²) in [5, 5.41) is 0. The minimum Gasteiger partial charge on any atom is -0.493 e. The Morgan fingerprint density at radius 2 is 1.63 bits per heavy atom. The summed E-state index contributed by atoms with van der Waals surface area (Å²) < 4.78 is 16.3. The summed E-state index contributed by atoms with van der Waals surface area (Å²) in [6.45, 7) is 4.47. The first-order chi connectivity index (χ1) is 14.6. The quantitative estimate of drug-likeness (QED) is 0.609. The molecule has 6 nitrogen and oxygen atoms in total. The van der Waals surface area contributed by atoms with Crippen molar-refractivity contribution in [2.45, 2.75) is 32.8 Å². The van der Waals surface area contributed by atoms with Crippen molar-refractivity contribution < 1.29 is 23.8 Å². The highest BCUT2D eigenvalue weighted by Gasteiger charge is 2.24. The van der Waals surface area contributed by atoms with Crippen LogP contribution in [0.2, 0.25) is 0 Å². The van der Waals surface area contributed by atoms with Crippen molar-refractivity contribution in [1.29, 1.82) is 0 Å². The van der Waals surface area contributed by atoms with Crippen LogP contribution >= 0.6 is 0 Å². The Morgan fingerprint density at radius 3 is 2.30 bits per heavy atom. The lowest BCUT2D eigenvalue weighted by atomic mass is 9.98. The van der Waals surface area contributed by atoms with E-state index in [-0.39, 0.29) is 18.5 Å². The molecule has 0 aliphatic carbocycles. The molecule has 3 rings (SSSR count). The lowest BCUT2D eigenvalue weighted by Crippen LogP contribution is -2.39. The number of esters is 1. The molecule has 0 N–H and O–H groups in total. The first-order valence-corrected chi connectivity index (χ1v) is 10.5. The van der Waals surface area contributed by atoms with E-state index in [2.05, 4.69) is 0 Å². The van der Waals surface area contributed by atoms with Gasteiger partial charge in [-0.25, -0.2) is 4.79 Å². The molecule has 1 amide bonds. The maximum atomic E-state index is 12.2. The molecule has 2 aromatic rings. The Hall–Kier alpha value is -3.02. The van der Waals surface area contributed by atoms with E-state index in [4.69, 9.17) is 14.2 Å². The molecule has 1 fully saturated rings. The van der Waals surface area contributed by atoms with Gasteiger partial charge in [-0.3, -0.25) is 4.79 Å². The summed E-state index contributed by atoms with van der Waals surface area (Å²) in [6, 6.07) is 17.2. The third kappa shape index (κ3) is 6.79. The van der Waals surface area contributed by atoms with E-state index in [1.165, 1.54) is 0 Å². The van der Waals surface area contributed by atoms with Gasteiger partial charge in [-0.05, 0) is 48.9 Å². The lowest BCUT2D eigenvalue weighted by molar-refractivity contribution is -0.142. The maximum Gasteiger partial charge on any atom is 0.410 e. The average molecular weight is 411 g/mol. The Morgan fingerprint density at radius 1 is 0.933 bits per heavy atom. The van der Waals surface area contributed by atoms with Gasteiger partial charge in [0.05, 0.1) is 19.6 Å². The van der Waals surface area contributed by atoms with Crippen LogP contribution in [0.15, 0.2) is 54.6 Å². The molecule has 0 atom stereocenters. The molecule has 1 aliphatic heterocycles. The molecule has 30 heavy (non-hydrogen) atoms. The second-order valence-electron chi connectivity index (χ2n) is 7.41. The van der Waals surface area contributed by atoms with E-state index in [0.29, 0.717) is 38.8 Å². The van der Waals surface area contributed by atoms with Crippen LogP contribution < -0.4 is 4.74 Å². The smallest absolute Gasteiger partial charge is 0.410 e. The Kier molecular flexibility index (Phi) is 8.12. The van der Waals surface area contributed by atoms with Crippen molar-refractivity contribution in [2.75, 3.05) is 26.3 Å². The molecule has 1 aliphatic rings. The molecule has 160 valence electrons. The van der Waals surface area contributed by atoms with E-state index >= 15 is 0 Å². The molecular formula is C24H29NO5. The Bertz CT molecular complexity index is 798. The van der Waals surface area contributed by atoms with Gasteiger partial charge in [0.25, 0.3) is 0 Å². The predicted molar refractivity (Wildman–Crippen MR) is 113 cm³/mol. The van der Waals surface area contributed by atoms with Crippen molar-refractivity contribution in [3.63, 3.8) is 0 Å². The highest BCUT2D eigenvalue weighted by Crippen LogP contribution is 2.21. The minimum atomic E-state index is -0.254. The van der Waals surface area contributed by atoms with Gasteiger partial charge in [-0.2, -0.15) is 0 Å². The molecule has 1 heterocycles. The fourth-order valence-electron chi connectivity index (χ4n) is 3.39. The monoisotopic (exact) mass is 411 g/mol. The summed E-state index contributed by atoms with van der Waals surface area (Å²) in [4.78, 5) is 25.5. The van der Waals surface area contributed by atoms with Crippen LogP contribution in [0.4, 0.5) is 4.79 Å². The first-order valence-electron chi connectivity index (χ1n) is 10.5. The number of piperidine rings is 1. The molecular weight excluding hydrogens is 382 g/mol. The average Bonchev–Trinajstić information content (AvgIpc) is 2.78. The van der Waals surface area contributed by atoms with Gasteiger partial charge < -0.3 is 19.1 Å². The molecule has 0 bridgehead atoms. The van der Waals surface area contributed by atoms with Gasteiger partial charge in [-0.15, -0.1) is 0 Å². The van der Waals surface area contributed by atoms with E-state index < -0.39 is 0 Å². The van der Waals surface area contributed by atoms with Crippen LogP contribution in [0.3, 0.4) is 0 Å². The topological polar surface area (TPSA) is 65.1 Å². The number of likely N-dealkylation sites (tertiary alicyclic amines) is 1. The summed E-state index contributed by atoms with van der Waals surface area (Å²) in [5.41, 5.74) is 1.89. The SMILES string of the molecule is CCOC(=O)Cc1ccc(OCC2CCN(C(=O)OCc3ccccc3)CC2)cc1. The van der Waals surface area contributed by atoms with E-state index in [1.54, 1.807) is 11.8 Å². The molecule has 0 spiro atoms. The van der Waals surface area contributed by atoms with Gasteiger partial charge in [0.1, 0.15) is 12.4 Å². The summed E-state index contributed by atoms with van der Waals surface area (Å²) in [7, 11) is 0. The zero-order chi connectivity index (χ0) is 21.2. The molecule has 0 unspecified atom stereocenters. The van der Waals surface area contributed by atoms with Crippen LogP contribution in [0, 0.1) is 5.92 Å². The van der Waals surface area contributed by atoms with Crippen LogP contribution in [-0.4, -0.2) is 43.3 Å². The zero-order valence-electron chi connectivity index (χ0n) is 17.4. The largest absolute Gasteiger partial charge is 0.493 e. The van der Waals surface area contributed by atoms with Crippen molar-refractivity contribution in [3.8, 4) is 5.75 Å². The van der Waals surface area contributed by atoms with Gasteiger partial charge in [-0.1, -0.05) is 42.5 Å². The van der Waals surface area contributed by atoms with E-state index in [0.717, 1.165) is 29.7 Å². The number of benzene rings is 2. The number of rotatable bonds is 8. The van der Waals surface area contributed by atoms with Gasteiger partial charge in [0.15, 0.2) is 0 Å². The number of carbonyl (C=O) groups is 2. The summed E-state index contributed by atoms with van der Waals surface area (Å²) in [6.07, 6.45) is 1.80. The molecule has 1 saturated heterocycles. The number of carbonyl (C=O) groups excluding carboxylic acids is 2. The highest BCUT2D eigenvalue weighted by atomic mass is 16.6. The van der Waals surface area contributed by atoms with Crippen LogP contribution in [-0.2, 0) is 27.3 Å². The van der Waals surface area contributed by atoms with Crippen molar-refractivity contribution in [3.05, 3.63) is 65.7 Å². The van der Waals surface area contributed by atoms with E-state index in [1.807, 2.05) is 54.6 Å². The number of nitrogens with zero attached hydrogens (tertiary/aromatic N) is 1. The Balaban J connectivity index is 1.35. The second-order valence-corrected chi connectivity index (χ2v) is 7.41. The van der Waals surface area contributed by atoms with Crippen molar-refractivity contribution in [1.82, 2.24) is 4.90 Å². The molecule has 6 heteroatoms. The second kappa shape index (κ2) is 11.2. The fourth-order valence-corrected chi connectivity index (χ4v) is 3.39. The number of amides is 1. The number of hydrogen-bond donors (Lipinski definition) is 0. The van der Waals surface area contributed by atoms with Gasteiger partial charge >= 0.3 is 12.1 Å². The zero-order valence-corrected chi connectivity index (χ0v) is 17.4. The van der Waals surface area contributed by atoms with E-state index in [9.17, 15) is 9.59 Å². The standard InChI is InChI=1S/C24H29NO5/c1-2-28-23(26)16-19-8-10-22(11-9-19)29-17-21-12-14-25(15-13-21)24(27)30-18-20-6-4-3-5-7-20/h3-11,21H,2,12-18H2,1H3. The van der Waals surface area contributed by atoms with Crippen LogP contribution in [0.25, 0.3) is 0 Å². The van der Waals surface area contributed by atoms with Gasteiger partial charge in [0.2, 0.25) is 0 Å². The lowest BCUT2D eigenvalue weighted by Gasteiger charge is -2.31. The van der Waals surface area contributed by atoms with Crippen LogP contribution in [0.5, 0.6) is 5.75 Å². The number of ether oxygens (including phenoxy) is 3. The Labute approximate surface area is 177 Å². The molecule has 0 saturated carbocycles. The van der Waals surface area contributed by atoms with Gasteiger partial charge in [0, 0.05) is 13.1 Å². The van der Waals surface area contributed by atoms with Crippen LogP contribution in [0.1, 0.15) is 30.9 Å². The normalized spacial score (nSPS) is 14.2. The fraction of sp³-hybridized carbons (Fsp3) is 0.417. The van der Waals surface area contributed by atoms with Crippen molar-refractivity contribution >= 4 is 12.1 Å². The summed E-state index contributed by atoms with van der Waals surface area (Å²) in [5.74, 6) is 0.968. The molecule has 0 radical (unpaired) electrons. The minimum absolute atomic E-state index is 0.222.